The Hall–Kier alpha value is -1.19. The van der Waals surface area contributed by atoms with Crippen molar-refractivity contribution in [3.05, 3.63) is 16.1 Å². The number of aromatic nitrogens is 1. The Bertz CT molecular complexity index is 520. The highest BCUT2D eigenvalue weighted by molar-refractivity contribution is 7.11. The number of halogens is 3. The first-order valence-electron chi connectivity index (χ1n) is 7.63. The molecule has 5 nitrogen and oxygen atoms in total. The number of thiazole rings is 1. The molecule has 0 radical (unpaired) electrons. The van der Waals surface area contributed by atoms with Gasteiger partial charge in [-0.25, -0.2) is 4.98 Å². The average molecular weight is 350 g/mol. The summed E-state index contributed by atoms with van der Waals surface area (Å²) in [6.07, 6.45) is 0.194. The molecular formula is C14H21F3N4OS. The number of rotatable bonds is 6. The summed E-state index contributed by atoms with van der Waals surface area (Å²) in [5.74, 6) is -0.0878. The van der Waals surface area contributed by atoms with Crippen LogP contribution < -0.4 is 11.1 Å². The van der Waals surface area contributed by atoms with E-state index in [0.717, 1.165) is 25.8 Å². The summed E-state index contributed by atoms with van der Waals surface area (Å²) >= 11 is 0.686. The molecule has 1 amide bonds. The summed E-state index contributed by atoms with van der Waals surface area (Å²) in [4.78, 5) is 17.7. The molecule has 1 unspecified atom stereocenters. The van der Waals surface area contributed by atoms with Crippen LogP contribution in [0, 0.1) is 0 Å². The second-order valence-corrected chi connectivity index (χ2v) is 6.71. The molecule has 1 aliphatic heterocycles. The minimum absolute atomic E-state index is 0.0878. The maximum Gasteiger partial charge on any atom is 0.443 e. The maximum absolute atomic E-state index is 12.6. The van der Waals surface area contributed by atoms with E-state index in [4.69, 9.17) is 5.73 Å². The lowest BCUT2D eigenvalue weighted by atomic mass is 10.0. The van der Waals surface area contributed by atoms with Crippen LogP contribution in [-0.2, 0) is 17.5 Å². The number of hydrogen-bond acceptors (Lipinski definition) is 5. The molecule has 130 valence electrons. The standard InChI is InChI=1S/C14H21F3N4OS/c15-14(16,17)13-20-8-11(23-13)9-21-6-2-1-3-10(21)7-19-12(22)4-5-18/h8,10H,1-7,9,18H2,(H,19,22). The van der Waals surface area contributed by atoms with Gasteiger partial charge in [0, 0.05) is 43.2 Å². The van der Waals surface area contributed by atoms with E-state index in [1.807, 2.05) is 0 Å². The van der Waals surface area contributed by atoms with Crippen molar-refractivity contribution in [2.45, 2.75) is 44.4 Å². The molecule has 23 heavy (non-hydrogen) atoms. The Morgan fingerprint density at radius 2 is 2.26 bits per heavy atom. The fourth-order valence-corrected chi connectivity index (χ4v) is 3.47. The van der Waals surface area contributed by atoms with Crippen molar-refractivity contribution >= 4 is 17.2 Å². The minimum atomic E-state index is -4.39. The highest BCUT2D eigenvalue weighted by Gasteiger charge is 2.35. The predicted octanol–water partition coefficient (Wildman–Crippen LogP) is 1.98. The number of carbonyl (C=O) groups is 1. The normalized spacial score (nSPS) is 19.7. The molecule has 0 spiro atoms. The monoisotopic (exact) mass is 350 g/mol. The zero-order chi connectivity index (χ0) is 16.9. The van der Waals surface area contributed by atoms with E-state index in [2.05, 4.69) is 15.2 Å². The van der Waals surface area contributed by atoms with Gasteiger partial charge in [0.05, 0.1) is 0 Å². The zero-order valence-electron chi connectivity index (χ0n) is 12.7. The Balaban J connectivity index is 1.93. The van der Waals surface area contributed by atoms with Crippen molar-refractivity contribution in [1.82, 2.24) is 15.2 Å². The average Bonchev–Trinajstić information content (AvgIpc) is 2.95. The molecule has 2 heterocycles. The summed E-state index contributed by atoms with van der Waals surface area (Å²) < 4.78 is 37.8. The van der Waals surface area contributed by atoms with Crippen LogP contribution in [0.1, 0.15) is 35.6 Å². The molecule has 0 saturated carbocycles. The van der Waals surface area contributed by atoms with Gasteiger partial charge in [0.1, 0.15) is 0 Å². The number of alkyl halides is 3. The second-order valence-electron chi connectivity index (χ2n) is 5.59. The highest BCUT2D eigenvalue weighted by atomic mass is 32.1. The molecule has 1 fully saturated rings. The first-order valence-corrected chi connectivity index (χ1v) is 8.44. The van der Waals surface area contributed by atoms with Gasteiger partial charge in [-0.1, -0.05) is 6.42 Å². The van der Waals surface area contributed by atoms with Gasteiger partial charge in [0.2, 0.25) is 5.91 Å². The number of nitrogens with one attached hydrogen (secondary N) is 1. The van der Waals surface area contributed by atoms with E-state index in [-0.39, 0.29) is 18.4 Å². The minimum Gasteiger partial charge on any atom is -0.354 e. The largest absolute Gasteiger partial charge is 0.443 e. The predicted molar refractivity (Wildman–Crippen MR) is 81.8 cm³/mol. The molecule has 1 atom stereocenters. The fourth-order valence-electron chi connectivity index (χ4n) is 2.66. The van der Waals surface area contributed by atoms with Gasteiger partial charge in [-0.05, 0) is 19.4 Å². The van der Waals surface area contributed by atoms with Crippen LogP contribution in [0.3, 0.4) is 0 Å². The van der Waals surface area contributed by atoms with Crippen LogP contribution in [0.15, 0.2) is 6.20 Å². The number of nitrogens with two attached hydrogens (primary N) is 1. The molecule has 0 aliphatic carbocycles. The molecule has 0 bridgehead atoms. The van der Waals surface area contributed by atoms with Crippen LogP contribution in [0.5, 0.6) is 0 Å². The van der Waals surface area contributed by atoms with Crippen LogP contribution >= 0.6 is 11.3 Å². The second kappa shape index (κ2) is 8.07. The highest BCUT2D eigenvalue weighted by Crippen LogP contribution is 2.33. The Kier molecular flexibility index (Phi) is 6.37. The third-order valence-electron chi connectivity index (χ3n) is 3.81. The molecule has 3 N–H and O–H groups in total. The number of likely N-dealkylation sites (tertiary alicyclic amines) is 1. The molecule has 1 aromatic heterocycles. The van der Waals surface area contributed by atoms with E-state index in [1.54, 1.807) is 0 Å². The van der Waals surface area contributed by atoms with Crippen LogP contribution in [0.25, 0.3) is 0 Å². The fraction of sp³-hybridized carbons (Fsp3) is 0.714. The van der Waals surface area contributed by atoms with Crippen LogP contribution in [0.2, 0.25) is 0 Å². The van der Waals surface area contributed by atoms with Crippen molar-refractivity contribution in [2.75, 3.05) is 19.6 Å². The van der Waals surface area contributed by atoms with Gasteiger partial charge in [0.15, 0.2) is 5.01 Å². The lowest BCUT2D eigenvalue weighted by Crippen LogP contribution is -2.46. The summed E-state index contributed by atoms with van der Waals surface area (Å²) in [7, 11) is 0. The molecule has 1 saturated heterocycles. The van der Waals surface area contributed by atoms with E-state index in [9.17, 15) is 18.0 Å². The molecular weight excluding hydrogens is 329 g/mol. The molecule has 1 aliphatic rings. The van der Waals surface area contributed by atoms with Gasteiger partial charge in [-0.3, -0.25) is 9.69 Å². The molecule has 1 aromatic rings. The number of hydrogen-bond donors (Lipinski definition) is 2. The van der Waals surface area contributed by atoms with Crippen LogP contribution in [0.4, 0.5) is 13.2 Å². The number of amides is 1. The smallest absolute Gasteiger partial charge is 0.354 e. The van der Waals surface area contributed by atoms with Crippen molar-refractivity contribution in [3.8, 4) is 0 Å². The first-order chi connectivity index (χ1) is 10.9. The third kappa shape index (κ3) is 5.43. The van der Waals surface area contributed by atoms with Crippen LogP contribution in [-0.4, -0.2) is 41.5 Å². The lowest BCUT2D eigenvalue weighted by Gasteiger charge is -2.35. The molecule has 0 aromatic carbocycles. The summed E-state index contributed by atoms with van der Waals surface area (Å²) in [6, 6.07) is 0.141. The van der Waals surface area contributed by atoms with E-state index >= 15 is 0 Å². The Labute approximate surface area is 137 Å². The maximum atomic E-state index is 12.6. The number of piperidine rings is 1. The van der Waals surface area contributed by atoms with Gasteiger partial charge in [-0.15, -0.1) is 11.3 Å². The Morgan fingerprint density at radius 1 is 1.48 bits per heavy atom. The zero-order valence-corrected chi connectivity index (χ0v) is 13.6. The molecule has 2 rings (SSSR count). The summed E-state index contributed by atoms with van der Waals surface area (Å²) in [5.41, 5.74) is 5.34. The van der Waals surface area contributed by atoms with Gasteiger partial charge in [0.25, 0.3) is 0 Å². The quantitative estimate of drug-likeness (QED) is 0.823. The van der Waals surface area contributed by atoms with E-state index < -0.39 is 11.2 Å². The lowest BCUT2D eigenvalue weighted by molar-refractivity contribution is -0.137. The summed E-state index contributed by atoms with van der Waals surface area (Å²) in [5, 5.41) is 2.04. The van der Waals surface area contributed by atoms with Gasteiger partial charge in [-0.2, -0.15) is 13.2 Å². The topological polar surface area (TPSA) is 71.2 Å². The first kappa shape index (κ1) is 18.2. The van der Waals surface area contributed by atoms with E-state index in [0.29, 0.717) is 35.8 Å². The third-order valence-corrected chi connectivity index (χ3v) is 4.84. The number of nitrogens with zero attached hydrogens (tertiary/aromatic N) is 2. The van der Waals surface area contributed by atoms with Gasteiger partial charge < -0.3 is 11.1 Å². The van der Waals surface area contributed by atoms with Crippen molar-refractivity contribution in [2.24, 2.45) is 5.73 Å². The molecule has 9 heteroatoms. The van der Waals surface area contributed by atoms with Gasteiger partial charge >= 0.3 is 6.18 Å². The van der Waals surface area contributed by atoms with E-state index in [1.165, 1.54) is 6.20 Å². The number of carbonyl (C=O) groups excluding carboxylic acids is 1. The van der Waals surface area contributed by atoms with Crippen molar-refractivity contribution in [3.63, 3.8) is 0 Å². The summed E-state index contributed by atoms with van der Waals surface area (Å²) in [6.45, 7) is 2.06. The van der Waals surface area contributed by atoms with Crippen molar-refractivity contribution < 1.29 is 18.0 Å². The Morgan fingerprint density at radius 3 is 2.91 bits per heavy atom. The SMILES string of the molecule is NCCC(=O)NCC1CCCCN1Cc1cnc(C(F)(F)F)s1. The van der Waals surface area contributed by atoms with Crippen molar-refractivity contribution in [1.29, 1.82) is 0 Å².